The summed E-state index contributed by atoms with van der Waals surface area (Å²) in [6.07, 6.45) is 5.44. The maximum absolute atomic E-state index is 12.6. The summed E-state index contributed by atoms with van der Waals surface area (Å²) in [5.41, 5.74) is 1.02. The molecule has 2 heterocycles. The molecule has 0 radical (unpaired) electrons. The Labute approximate surface area is 124 Å². The highest BCUT2D eigenvalue weighted by atomic mass is 35.5. The van der Waals surface area contributed by atoms with Crippen molar-refractivity contribution in [3.8, 4) is 0 Å². The highest BCUT2D eigenvalue weighted by Gasteiger charge is 2.24. The van der Waals surface area contributed by atoms with Gasteiger partial charge in [-0.2, -0.15) is 0 Å². The summed E-state index contributed by atoms with van der Waals surface area (Å²) in [6.45, 7) is 3.75. The molecule has 4 heteroatoms. The van der Waals surface area contributed by atoms with E-state index in [1.54, 1.807) is 0 Å². The summed E-state index contributed by atoms with van der Waals surface area (Å²) in [4.78, 5) is 14.6. The van der Waals surface area contributed by atoms with Crippen LogP contribution in [0.3, 0.4) is 0 Å². The van der Waals surface area contributed by atoms with Crippen LogP contribution in [0.2, 0.25) is 5.02 Å². The maximum atomic E-state index is 12.6. The third-order valence-electron chi connectivity index (χ3n) is 4.15. The number of rotatable bonds is 2. The van der Waals surface area contributed by atoms with Crippen LogP contribution >= 0.6 is 11.6 Å². The van der Waals surface area contributed by atoms with E-state index in [4.69, 9.17) is 11.6 Å². The van der Waals surface area contributed by atoms with Crippen LogP contribution in [0, 0.1) is 0 Å². The minimum atomic E-state index is -0.177. The summed E-state index contributed by atoms with van der Waals surface area (Å²) in [5.74, 6) is 0.210. The van der Waals surface area contributed by atoms with Crippen molar-refractivity contribution in [2.45, 2.75) is 32.2 Å². The van der Waals surface area contributed by atoms with Gasteiger partial charge in [-0.05, 0) is 44.4 Å². The second-order valence-electron chi connectivity index (χ2n) is 5.46. The first-order valence-electron chi connectivity index (χ1n) is 7.22. The lowest BCUT2D eigenvalue weighted by atomic mass is 10.1. The van der Waals surface area contributed by atoms with Gasteiger partial charge in [0.1, 0.15) is 6.04 Å². The first-order valence-corrected chi connectivity index (χ1v) is 7.60. The van der Waals surface area contributed by atoms with Crippen molar-refractivity contribution in [2.24, 2.45) is 0 Å². The van der Waals surface area contributed by atoms with Crippen LogP contribution in [-0.2, 0) is 4.79 Å². The van der Waals surface area contributed by atoms with Gasteiger partial charge >= 0.3 is 0 Å². The standard InChI is InChI=1S/C16H19ClN2O/c1-12(16(20)18-9-3-2-4-10-18)19-11-8-13-14(17)6-5-7-15(13)19/h5-8,11-12H,2-4,9-10H2,1H3. The monoisotopic (exact) mass is 290 g/mol. The molecule has 20 heavy (non-hydrogen) atoms. The molecule has 0 bridgehead atoms. The Hall–Kier alpha value is -1.48. The van der Waals surface area contributed by atoms with E-state index in [-0.39, 0.29) is 11.9 Å². The number of carbonyl (C=O) groups is 1. The summed E-state index contributed by atoms with van der Waals surface area (Å²) in [7, 11) is 0. The van der Waals surface area contributed by atoms with Gasteiger partial charge in [-0.1, -0.05) is 17.7 Å². The van der Waals surface area contributed by atoms with Crippen LogP contribution in [0.4, 0.5) is 0 Å². The molecule has 1 aromatic carbocycles. The van der Waals surface area contributed by atoms with Crippen LogP contribution in [0.15, 0.2) is 30.5 Å². The average molecular weight is 291 g/mol. The van der Waals surface area contributed by atoms with E-state index >= 15 is 0 Å². The predicted octanol–water partition coefficient (Wildman–Crippen LogP) is 3.87. The molecule has 1 fully saturated rings. The van der Waals surface area contributed by atoms with Crippen LogP contribution in [-0.4, -0.2) is 28.5 Å². The molecule has 3 rings (SSSR count). The fourth-order valence-corrected chi connectivity index (χ4v) is 3.22. The van der Waals surface area contributed by atoms with E-state index in [1.807, 2.05) is 46.9 Å². The Bertz CT molecular complexity index is 628. The molecule has 1 unspecified atom stereocenters. The number of benzene rings is 1. The Kier molecular flexibility index (Phi) is 3.70. The van der Waals surface area contributed by atoms with E-state index in [0.29, 0.717) is 0 Å². The van der Waals surface area contributed by atoms with E-state index in [9.17, 15) is 4.79 Å². The topological polar surface area (TPSA) is 25.2 Å². The Morgan fingerprint density at radius 3 is 2.70 bits per heavy atom. The molecule has 1 aromatic heterocycles. The number of aromatic nitrogens is 1. The number of fused-ring (bicyclic) bond motifs is 1. The highest BCUT2D eigenvalue weighted by molar-refractivity contribution is 6.35. The zero-order chi connectivity index (χ0) is 14.1. The van der Waals surface area contributed by atoms with Gasteiger partial charge < -0.3 is 9.47 Å². The van der Waals surface area contributed by atoms with Gasteiger partial charge in [0.15, 0.2) is 0 Å². The summed E-state index contributed by atoms with van der Waals surface area (Å²) in [6, 6.07) is 7.63. The molecular formula is C16H19ClN2O. The van der Waals surface area contributed by atoms with Gasteiger partial charge in [0.05, 0.1) is 5.52 Å². The summed E-state index contributed by atoms with van der Waals surface area (Å²) in [5, 5.41) is 1.74. The molecule has 1 saturated heterocycles. The number of amides is 1. The van der Waals surface area contributed by atoms with Crippen LogP contribution in [0.25, 0.3) is 10.9 Å². The largest absolute Gasteiger partial charge is 0.341 e. The molecule has 0 saturated carbocycles. The maximum Gasteiger partial charge on any atom is 0.245 e. The molecule has 0 spiro atoms. The smallest absolute Gasteiger partial charge is 0.245 e. The minimum absolute atomic E-state index is 0.177. The molecule has 2 aromatic rings. The number of likely N-dealkylation sites (tertiary alicyclic amines) is 1. The van der Waals surface area contributed by atoms with Crippen LogP contribution in [0.1, 0.15) is 32.2 Å². The van der Waals surface area contributed by atoms with Gasteiger partial charge in [0, 0.05) is 29.7 Å². The lowest BCUT2D eigenvalue weighted by Crippen LogP contribution is -2.39. The van der Waals surface area contributed by atoms with Crippen molar-refractivity contribution in [3.05, 3.63) is 35.5 Å². The first-order chi connectivity index (χ1) is 9.68. The summed E-state index contributed by atoms with van der Waals surface area (Å²) < 4.78 is 2.03. The van der Waals surface area contributed by atoms with Gasteiger partial charge in [0.25, 0.3) is 0 Å². The quantitative estimate of drug-likeness (QED) is 0.824. The van der Waals surface area contributed by atoms with Crippen LogP contribution in [0.5, 0.6) is 0 Å². The first kappa shape index (κ1) is 13.5. The molecule has 1 amide bonds. The minimum Gasteiger partial charge on any atom is -0.341 e. The molecule has 0 N–H and O–H groups in total. The van der Waals surface area contributed by atoms with E-state index in [2.05, 4.69) is 0 Å². The average Bonchev–Trinajstić information content (AvgIpc) is 2.92. The Morgan fingerprint density at radius 1 is 1.20 bits per heavy atom. The number of nitrogens with zero attached hydrogens (tertiary/aromatic N) is 2. The number of hydrogen-bond acceptors (Lipinski definition) is 1. The third-order valence-corrected chi connectivity index (χ3v) is 4.48. The fraction of sp³-hybridized carbons (Fsp3) is 0.438. The van der Waals surface area contributed by atoms with Crippen molar-refractivity contribution >= 4 is 28.4 Å². The van der Waals surface area contributed by atoms with E-state index in [1.165, 1.54) is 6.42 Å². The molecule has 0 aliphatic carbocycles. The van der Waals surface area contributed by atoms with E-state index < -0.39 is 0 Å². The summed E-state index contributed by atoms with van der Waals surface area (Å²) >= 11 is 6.19. The van der Waals surface area contributed by atoms with Crippen LogP contribution < -0.4 is 0 Å². The fourth-order valence-electron chi connectivity index (χ4n) is 2.99. The third kappa shape index (κ3) is 2.31. The van der Waals surface area contributed by atoms with Gasteiger partial charge in [0.2, 0.25) is 5.91 Å². The molecule has 1 aliphatic heterocycles. The van der Waals surface area contributed by atoms with Crippen molar-refractivity contribution in [2.75, 3.05) is 13.1 Å². The Morgan fingerprint density at radius 2 is 1.95 bits per heavy atom. The number of halogens is 1. The van der Waals surface area contributed by atoms with Gasteiger partial charge in [-0.3, -0.25) is 4.79 Å². The lowest BCUT2D eigenvalue weighted by molar-refractivity contribution is -0.135. The number of hydrogen-bond donors (Lipinski definition) is 0. The predicted molar refractivity (Wildman–Crippen MR) is 82.1 cm³/mol. The van der Waals surface area contributed by atoms with Crippen molar-refractivity contribution in [1.29, 1.82) is 0 Å². The molecule has 1 aliphatic rings. The molecule has 3 nitrogen and oxygen atoms in total. The molecule has 106 valence electrons. The second-order valence-corrected chi connectivity index (χ2v) is 5.86. The highest BCUT2D eigenvalue weighted by Crippen LogP contribution is 2.27. The zero-order valence-electron chi connectivity index (χ0n) is 11.7. The molecular weight excluding hydrogens is 272 g/mol. The van der Waals surface area contributed by atoms with Crippen molar-refractivity contribution in [1.82, 2.24) is 9.47 Å². The zero-order valence-corrected chi connectivity index (χ0v) is 12.4. The van der Waals surface area contributed by atoms with Gasteiger partial charge in [-0.25, -0.2) is 0 Å². The lowest BCUT2D eigenvalue weighted by Gasteiger charge is -2.30. The van der Waals surface area contributed by atoms with E-state index in [0.717, 1.165) is 41.9 Å². The normalized spacial score (nSPS) is 17.4. The second kappa shape index (κ2) is 5.49. The van der Waals surface area contributed by atoms with Crippen molar-refractivity contribution in [3.63, 3.8) is 0 Å². The Balaban J connectivity index is 1.90. The van der Waals surface area contributed by atoms with Crippen molar-refractivity contribution < 1.29 is 4.79 Å². The number of carbonyl (C=O) groups excluding carboxylic acids is 1. The SMILES string of the molecule is CC(C(=O)N1CCCCC1)n1ccc2c(Cl)cccc21. The molecule has 1 atom stereocenters. The van der Waals surface area contributed by atoms with Gasteiger partial charge in [-0.15, -0.1) is 0 Å². The number of piperidine rings is 1.